The van der Waals surface area contributed by atoms with Crippen LogP contribution in [-0.2, 0) is 16.0 Å². The van der Waals surface area contributed by atoms with E-state index in [4.69, 9.17) is 9.15 Å². The van der Waals surface area contributed by atoms with Crippen LogP contribution < -0.4 is 15.2 Å². The maximum absolute atomic E-state index is 13.5. The summed E-state index contributed by atoms with van der Waals surface area (Å²) in [4.78, 5) is 28.7. The lowest BCUT2D eigenvalue weighted by Gasteiger charge is -2.29. The third kappa shape index (κ3) is 4.30. The Morgan fingerprint density at radius 2 is 1.85 bits per heavy atom. The number of morpholine rings is 1. The highest BCUT2D eigenvalue weighted by atomic mass is 19.1. The summed E-state index contributed by atoms with van der Waals surface area (Å²) in [7, 11) is 0. The zero-order chi connectivity index (χ0) is 22.9. The predicted molar refractivity (Wildman–Crippen MR) is 123 cm³/mol. The minimum Gasteiger partial charge on any atom is -0.481 e. The Bertz CT molecular complexity index is 1230. The van der Waals surface area contributed by atoms with E-state index >= 15 is 0 Å². The lowest BCUT2D eigenvalue weighted by molar-refractivity contribution is -0.136. The van der Waals surface area contributed by atoms with Crippen LogP contribution in [-0.4, -0.2) is 43.9 Å². The van der Waals surface area contributed by atoms with Crippen LogP contribution in [0.4, 0.5) is 16.0 Å². The molecule has 5 rings (SSSR count). The van der Waals surface area contributed by atoms with Crippen LogP contribution in [0.1, 0.15) is 30.0 Å². The van der Waals surface area contributed by atoms with Gasteiger partial charge in [0.2, 0.25) is 0 Å². The molecule has 2 saturated heterocycles. The molecule has 1 aromatic heterocycles. The average Bonchev–Trinajstić information content (AvgIpc) is 3.29. The highest BCUT2D eigenvalue weighted by Gasteiger charge is 2.30. The number of anilines is 2. The molecule has 0 spiro atoms. The average molecular weight is 452 g/mol. The molecule has 33 heavy (non-hydrogen) atoms. The maximum atomic E-state index is 13.5. The standard InChI is InChI=1S/C25H25FN2O5/c26-17-3-5-18(6-4-17)28-7-1-2-21(28)19-12-16(14-24(30)31)13-20-22(29)15-23(33-25(19)20)27-8-10-32-11-9-27/h3-6,12-13,15,21H,1-2,7-11,14H2,(H,30,31). The first-order chi connectivity index (χ1) is 16.0. The van der Waals surface area contributed by atoms with Gasteiger partial charge < -0.3 is 24.1 Å². The summed E-state index contributed by atoms with van der Waals surface area (Å²) in [6, 6.07) is 11.2. The lowest BCUT2D eigenvalue weighted by atomic mass is 9.96. The Kier molecular flexibility index (Phi) is 5.76. The fourth-order valence-electron chi connectivity index (χ4n) is 4.83. The van der Waals surface area contributed by atoms with Crippen LogP contribution in [0.3, 0.4) is 0 Å². The number of benzene rings is 2. The lowest BCUT2D eigenvalue weighted by Crippen LogP contribution is -2.36. The van der Waals surface area contributed by atoms with Gasteiger partial charge in [-0.1, -0.05) is 0 Å². The Morgan fingerprint density at radius 1 is 1.09 bits per heavy atom. The molecular formula is C25H25FN2O5. The van der Waals surface area contributed by atoms with E-state index in [2.05, 4.69) is 4.90 Å². The van der Waals surface area contributed by atoms with Gasteiger partial charge >= 0.3 is 5.97 Å². The summed E-state index contributed by atoms with van der Waals surface area (Å²) >= 11 is 0. The molecule has 1 atom stereocenters. The molecule has 2 fully saturated rings. The quantitative estimate of drug-likeness (QED) is 0.631. The van der Waals surface area contributed by atoms with Crippen molar-refractivity contribution in [3.63, 3.8) is 0 Å². The second-order valence-corrected chi connectivity index (χ2v) is 8.51. The highest BCUT2D eigenvalue weighted by Crippen LogP contribution is 2.40. The molecule has 172 valence electrons. The number of aliphatic carboxylic acids is 1. The summed E-state index contributed by atoms with van der Waals surface area (Å²) in [6.07, 6.45) is 1.55. The molecule has 7 nitrogen and oxygen atoms in total. The predicted octanol–water partition coefficient (Wildman–Crippen LogP) is 3.74. The van der Waals surface area contributed by atoms with Crippen molar-refractivity contribution in [3.8, 4) is 0 Å². The number of carboxylic acid groups (broad SMARTS) is 1. The van der Waals surface area contributed by atoms with E-state index in [9.17, 15) is 19.1 Å². The van der Waals surface area contributed by atoms with Crippen molar-refractivity contribution in [3.05, 3.63) is 69.6 Å². The van der Waals surface area contributed by atoms with Crippen LogP contribution in [0.2, 0.25) is 0 Å². The summed E-state index contributed by atoms with van der Waals surface area (Å²) in [6.45, 7) is 3.16. The molecule has 8 heteroatoms. The van der Waals surface area contributed by atoms with Gasteiger partial charge in [0, 0.05) is 37.0 Å². The van der Waals surface area contributed by atoms with Gasteiger partial charge in [0.1, 0.15) is 11.4 Å². The van der Waals surface area contributed by atoms with Crippen molar-refractivity contribution < 1.29 is 23.4 Å². The van der Waals surface area contributed by atoms with Crippen LogP contribution >= 0.6 is 0 Å². The van der Waals surface area contributed by atoms with E-state index in [0.717, 1.165) is 30.6 Å². The zero-order valence-electron chi connectivity index (χ0n) is 18.1. The number of ether oxygens (including phenoxy) is 1. The molecule has 3 aromatic rings. The molecule has 0 amide bonds. The van der Waals surface area contributed by atoms with Crippen molar-refractivity contribution in [2.75, 3.05) is 42.6 Å². The molecule has 0 bridgehead atoms. The van der Waals surface area contributed by atoms with E-state index in [0.29, 0.717) is 48.7 Å². The van der Waals surface area contributed by atoms with E-state index in [1.165, 1.54) is 18.2 Å². The first-order valence-electron chi connectivity index (χ1n) is 11.2. The smallest absolute Gasteiger partial charge is 0.307 e. The van der Waals surface area contributed by atoms with Crippen molar-refractivity contribution in [2.24, 2.45) is 0 Å². The third-order valence-corrected chi connectivity index (χ3v) is 6.35. The van der Waals surface area contributed by atoms with Gasteiger partial charge in [0.25, 0.3) is 0 Å². The first kappa shape index (κ1) is 21.5. The van der Waals surface area contributed by atoms with Crippen molar-refractivity contribution in [1.82, 2.24) is 0 Å². The molecule has 2 aliphatic heterocycles. The molecule has 3 heterocycles. The monoisotopic (exact) mass is 452 g/mol. The van der Waals surface area contributed by atoms with E-state index in [1.54, 1.807) is 18.2 Å². The van der Waals surface area contributed by atoms with Gasteiger partial charge in [-0.25, -0.2) is 4.39 Å². The fourth-order valence-corrected chi connectivity index (χ4v) is 4.83. The molecule has 0 saturated carbocycles. The van der Waals surface area contributed by atoms with Crippen LogP contribution in [0, 0.1) is 5.82 Å². The van der Waals surface area contributed by atoms with Crippen molar-refractivity contribution >= 4 is 28.5 Å². The van der Waals surface area contributed by atoms with Gasteiger partial charge in [-0.3, -0.25) is 9.59 Å². The number of fused-ring (bicyclic) bond motifs is 1. The van der Waals surface area contributed by atoms with Crippen molar-refractivity contribution in [1.29, 1.82) is 0 Å². The fraction of sp³-hybridized carbons (Fsp3) is 0.360. The third-order valence-electron chi connectivity index (χ3n) is 6.35. The molecule has 1 unspecified atom stereocenters. The number of carbonyl (C=O) groups is 1. The van der Waals surface area contributed by atoms with Crippen LogP contribution in [0.15, 0.2) is 51.7 Å². The summed E-state index contributed by atoms with van der Waals surface area (Å²) in [5.74, 6) is -0.768. The number of hydrogen-bond donors (Lipinski definition) is 1. The molecule has 2 aliphatic rings. The molecular weight excluding hydrogens is 427 g/mol. The van der Waals surface area contributed by atoms with Gasteiger partial charge in [0.05, 0.1) is 31.1 Å². The number of carboxylic acids is 1. The zero-order valence-corrected chi connectivity index (χ0v) is 18.1. The van der Waals surface area contributed by atoms with Crippen LogP contribution in [0.25, 0.3) is 11.0 Å². The number of nitrogens with zero attached hydrogens (tertiary/aromatic N) is 2. The number of rotatable bonds is 5. The Labute approximate surface area is 190 Å². The molecule has 2 aromatic carbocycles. The van der Waals surface area contributed by atoms with E-state index < -0.39 is 5.97 Å². The Hall–Kier alpha value is -3.39. The number of hydrogen-bond acceptors (Lipinski definition) is 6. The van der Waals surface area contributed by atoms with Gasteiger partial charge in [0.15, 0.2) is 11.3 Å². The van der Waals surface area contributed by atoms with Gasteiger partial charge in [-0.15, -0.1) is 0 Å². The minimum atomic E-state index is -0.962. The SMILES string of the molecule is O=C(O)Cc1cc(C2CCCN2c2ccc(F)cc2)c2oc(N3CCOCC3)cc(=O)c2c1. The van der Waals surface area contributed by atoms with E-state index in [-0.39, 0.29) is 23.7 Å². The summed E-state index contributed by atoms with van der Waals surface area (Å²) in [5.41, 5.74) is 2.51. The topological polar surface area (TPSA) is 83.2 Å². The highest BCUT2D eigenvalue weighted by molar-refractivity contribution is 5.84. The second kappa shape index (κ2) is 8.86. The summed E-state index contributed by atoms with van der Waals surface area (Å²) < 4.78 is 25.2. The van der Waals surface area contributed by atoms with Crippen molar-refractivity contribution in [2.45, 2.75) is 25.3 Å². The van der Waals surface area contributed by atoms with E-state index in [1.807, 2.05) is 11.0 Å². The normalized spacial score (nSPS) is 18.8. The van der Waals surface area contributed by atoms with Crippen LogP contribution in [0.5, 0.6) is 0 Å². The Balaban J connectivity index is 1.65. The second-order valence-electron chi connectivity index (χ2n) is 8.51. The van der Waals surface area contributed by atoms with Gasteiger partial charge in [-0.05, 0) is 54.8 Å². The molecule has 0 aliphatic carbocycles. The van der Waals surface area contributed by atoms with Gasteiger partial charge in [-0.2, -0.15) is 0 Å². The summed E-state index contributed by atoms with van der Waals surface area (Å²) in [5, 5.41) is 9.75. The maximum Gasteiger partial charge on any atom is 0.307 e. The molecule has 0 radical (unpaired) electrons. The molecule has 1 N–H and O–H groups in total. The minimum absolute atomic E-state index is 0.116. The first-order valence-corrected chi connectivity index (χ1v) is 11.2. The number of halogens is 1. The largest absolute Gasteiger partial charge is 0.481 e. The Morgan fingerprint density at radius 3 is 2.58 bits per heavy atom.